The fraction of sp³-hybridized carbons (Fsp3) is 0.0172. The quantitative estimate of drug-likeness (QED) is 0.178. The summed E-state index contributed by atoms with van der Waals surface area (Å²) in [7, 11) is 0. The topological polar surface area (TPSA) is 65.0 Å². The van der Waals surface area contributed by atoms with E-state index in [1.165, 1.54) is 55.6 Å². The lowest BCUT2D eigenvalue weighted by Crippen LogP contribution is -2.29. The average Bonchev–Trinajstić information content (AvgIpc) is 3.99. The maximum atomic E-state index is 6.37. The van der Waals surface area contributed by atoms with Crippen molar-refractivity contribution in [1.29, 1.82) is 0 Å². The number of rotatable bonds is 3. The lowest BCUT2D eigenvalue weighted by atomic mass is 9.66. The van der Waals surface area contributed by atoms with E-state index >= 15 is 0 Å². The van der Waals surface area contributed by atoms with Crippen LogP contribution in [0.25, 0.3) is 111 Å². The van der Waals surface area contributed by atoms with Crippen LogP contribution in [0.4, 0.5) is 0 Å². The van der Waals surface area contributed by atoms with Crippen LogP contribution < -0.4 is 0 Å². The normalized spacial score (nSPS) is 13.2. The Morgan fingerprint density at radius 3 is 1.11 bits per heavy atom. The third-order valence-corrected chi connectivity index (χ3v) is 13.4. The van der Waals surface area contributed by atoms with E-state index in [1.54, 1.807) is 0 Å². The van der Waals surface area contributed by atoms with E-state index in [1.807, 2.05) is 48.5 Å². The summed E-state index contributed by atoms with van der Waals surface area (Å²) in [6.07, 6.45) is 0. The summed E-state index contributed by atoms with van der Waals surface area (Å²) >= 11 is 0. The van der Waals surface area contributed by atoms with Crippen molar-refractivity contribution in [1.82, 2.24) is 15.0 Å². The molecule has 2 aliphatic rings. The molecule has 0 radical (unpaired) electrons. The zero-order chi connectivity index (χ0) is 41.2. The number of hydrogen-bond acceptors (Lipinski definition) is 5. The zero-order valence-corrected chi connectivity index (χ0v) is 33.7. The van der Waals surface area contributed by atoms with Crippen LogP contribution in [0.1, 0.15) is 22.3 Å². The molecule has 12 aromatic rings. The van der Waals surface area contributed by atoms with Crippen LogP contribution in [-0.2, 0) is 5.41 Å². The molecule has 2 aliphatic carbocycles. The minimum atomic E-state index is -0.633. The van der Waals surface area contributed by atoms with Crippen LogP contribution in [0, 0.1) is 0 Å². The summed E-state index contributed by atoms with van der Waals surface area (Å²) in [6, 6.07) is 71.2. The van der Waals surface area contributed by atoms with Crippen LogP contribution in [0.15, 0.2) is 209 Å². The Hall–Kier alpha value is -8.41. The van der Waals surface area contributed by atoms with Crippen molar-refractivity contribution < 1.29 is 8.83 Å². The van der Waals surface area contributed by atoms with Crippen molar-refractivity contribution in [2.45, 2.75) is 5.41 Å². The van der Waals surface area contributed by atoms with Gasteiger partial charge in [-0.2, -0.15) is 0 Å². The lowest BCUT2D eigenvalue weighted by molar-refractivity contribution is 0.668. The van der Waals surface area contributed by atoms with Gasteiger partial charge in [-0.3, -0.25) is 0 Å². The third kappa shape index (κ3) is 4.79. The first-order chi connectivity index (χ1) is 31.2. The molecule has 5 heteroatoms. The Labute approximate surface area is 361 Å². The monoisotopic (exact) mass is 803 g/mol. The molecule has 0 aliphatic heterocycles. The van der Waals surface area contributed by atoms with Crippen LogP contribution in [0.5, 0.6) is 0 Å². The molecular formula is C58H33N3O2. The maximum Gasteiger partial charge on any atom is 0.164 e. The molecule has 3 aromatic heterocycles. The molecule has 14 rings (SSSR count). The number of hydrogen-bond donors (Lipinski definition) is 0. The molecule has 0 fully saturated rings. The number of para-hydroxylation sites is 2. The highest BCUT2D eigenvalue weighted by Gasteiger charge is 2.49. The second kappa shape index (κ2) is 12.8. The van der Waals surface area contributed by atoms with Gasteiger partial charge in [-0.05, 0) is 98.1 Å². The van der Waals surface area contributed by atoms with Gasteiger partial charge in [0.1, 0.15) is 22.3 Å². The van der Waals surface area contributed by atoms with Gasteiger partial charge in [-0.1, -0.05) is 158 Å². The molecule has 0 unspecified atom stereocenters. The summed E-state index contributed by atoms with van der Waals surface area (Å²) < 4.78 is 12.7. The highest BCUT2D eigenvalue weighted by Crippen LogP contribution is 2.61. The van der Waals surface area contributed by atoms with Gasteiger partial charge in [0.2, 0.25) is 0 Å². The zero-order valence-electron chi connectivity index (χ0n) is 33.7. The van der Waals surface area contributed by atoms with Crippen LogP contribution in [0.2, 0.25) is 0 Å². The molecular weight excluding hydrogens is 771 g/mol. The Balaban J connectivity index is 1.03. The van der Waals surface area contributed by atoms with Gasteiger partial charge in [0.15, 0.2) is 17.5 Å². The summed E-state index contributed by atoms with van der Waals surface area (Å²) in [4.78, 5) is 15.8. The minimum absolute atomic E-state index is 0.557. The summed E-state index contributed by atoms with van der Waals surface area (Å²) in [5, 5.41) is 4.25. The van der Waals surface area contributed by atoms with Gasteiger partial charge in [0, 0.05) is 38.2 Å². The Kier molecular flexibility index (Phi) is 6.97. The summed E-state index contributed by atoms with van der Waals surface area (Å²) in [5.74, 6) is 1.69. The van der Waals surface area contributed by atoms with Gasteiger partial charge in [0.05, 0.1) is 5.41 Å². The second-order valence-corrected chi connectivity index (χ2v) is 16.6. The van der Waals surface area contributed by atoms with E-state index in [4.69, 9.17) is 23.8 Å². The Bertz CT molecular complexity index is 3690. The highest BCUT2D eigenvalue weighted by atomic mass is 16.3. The van der Waals surface area contributed by atoms with Crippen molar-refractivity contribution in [3.05, 3.63) is 222 Å². The molecule has 1 spiro atoms. The second-order valence-electron chi connectivity index (χ2n) is 16.6. The first-order valence-electron chi connectivity index (χ1n) is 21.3. The minimum Gasteiger partial charge on any atom is -0.456 e. The third-order valence-electron chi connectivity index (χ3n) is 13.4. The molecule has 0 atom stereocenters. The van der Waals surface area contributed by atoms with E-state index in [9.17, 15) is 0 Å². The Morgan fingerprint density at radius 1 is 0.270 bits per heavy atom. The first kappa shape index (κ1) is 34.3. The van der Waals surface area contributed by atoms with Crippen molar-refractivity contribution in [2.75, 3.05) is 0 Å². The SMILES string of the molecule is c1ccc2c(c1)-c1ccccc1C1(c3ccccc3-2)c2ccccc2-c2ccc(-c3nc(-c4ccc5c(c4)oc4ccccc45)nc(-c4ccc5c(c4)oc4ccccc45)n3)cc21. The largest absolute Gasteiger partial charge is 0.456 e. The molecule has 5 nitrogen and oxygen atoms in total. The smallest absolute Gasteiger partial charge is 0.164 e. The predicted molar refractivity (Wildman–Crippen MR) is 252 cm³/mol. The fourth-order valence-corrected chi connectivity index (χ4v) is 10.7. The van der Waals surface area contributed by atoms with Gasteiger partial charge in [0.25, 0.3) is 0 Å². The summed E-state index contributed by atoms with van der Waals surface area (Å²) in [5.41, 5.74) is 17.5. The van der Waals surface area contributed by atoms with Crippen LogP contribution in [0.3, 0.4) is 0 Å². The molecule has 0 amide bonds. The molecule has 0 saturated carbocycles. The standard InChI is InChI=1S/C58H33N3O2/c1-2-14-38-37(13-1)39-15-3-8-20-47(39)58(48-21-9-4-16-40(38)48)49-22-10-5-17-41(49)42-28-25-34(31-50(42)58)55-59-56(35-26-29-45-43-18-6-11-23-51(43)62-53(45)32-35)61-57(60-55)36-27-30-46-44-19-7-12-24-52(44)63-54(46)33-36/h1-33H. The van der Waals surface area contributed by atoms with Crippen LogP contribution >= 0.6 is 0 Å². The van der Waals surface area contributed by atoms with E-state index in [0.717, 1.165) is 60.6 Å². The molecule has 292 valence electrons. The number of nitrogens with zero attached hydrogens (tertiary/aromatic N) is 3. The number of furan rings is 2. The number of fused-ring (bicyclic) bond motifs is 18. The summed E-state index contributed by atoms with van der Waals surface area (Å²) in [6.45, 7) is 0. The average molecular weight is 804 g/mol. The molecule has 0 N–H and O–H groups in total. The van der Waals surface area contributed by atoms with Gasteiger partial charge in [-0.15, -0.1) is 0 Å². The number of benzene rings is 9. The van der Waals surface area contributed by atoms with Crippen molar-refractivity contribution in [3.8, 4) is 67.5 Å². The highest BCUT2D eigenvalue weighted by molar-refractivity contribution is 6.07. The Morgan fingerprint density at radius 2 is 0.619 bits per heavy atom. The molecule has 0 saturated heterocycles. The van der Waals surface area contributed by atoms with Crippen molar-refractivity contribution in [3.63, 3.8) is 0 Å². The van der Waals surface area contributed by atoms with E-state index in [0.29, 0.717) is 17.5 Å². The fourth-order valence-electron chi connectivity index (χ4n) is 10.7. The molecule has 63 heavy (non-hydrogen) atoms. The van der Waals surface area contributed by atoms with Gasteiger partial charge < -0.3 is 8.83 Å². The molecule has 9 aromatic carbocycles. The van der Waals surface area contributed by atoms with Crippen molar-refractivity contribution in [2.24, 2.45) is 0 Å². The maximum absolute atomic E-state index is 6.37. The first-order valence-corrected chi connectivity index (χ1v) is 21.3. The number of aromatic nitrogens is 3. The van der Waals surface area contributed by atoms with E-state index < -0.39 is 5.41 Å². The van der Waals surface area contributed by atoms with Crippen molar-refractivity contribution >= 4 is 43.9 Å². The van der Waals surface area contributed by atoms with Gasteiger partial charge in [-0.25, -0.2) is 15.0 Å². The van der Waals surface area contributed by atoms with Gasteiger partial charge >= 0.3 is 0 Å². The van der Waals surface area contributed by atoms with E-state index in [2.05, 4.69) is 152 Å². The van der Waals surface area contributed by atoms with Crippen LogP contribution in [-0.4, -0.2) is 15.0 Å². The molecule has 0 bridgehead atoms. The molecule has 3 heterocycles. The predicted octanol–water partition coefficient (Wildman–Crippen LogP) is 14.7. The lowest BCUT2D eigenvalue weighted by Gasteiger charge is -2.35. The van der Waals surface area contributed by atoms with E-state index in [-0.39, 0.29) is 0 Å².